The summed E-state index contributed by atoms with van der Waals surface area (Å²) < 4.78 is 27.2. The third-order valence-corrected chi connectivity index (χ3v) is 6.73. The van der Waals surface area contributed by atoms with Crippen molar-refractivity contribution in [1.29, 1.82) is 5.26 Å². The maximum Gasteiger partial charge on any atom is 0.274 e. The molecule has 1 atom stereocenters. The lowest BCUT2D eigenvalue weighted by molar-refractivity contribution is 0.586. The number of thiophene rings is 1. The zero-order chi connectivity index (χ0) is 14.3. The molecule has 0 saturated heterocycles. The van der Waals surface area contributed by atoms with Gasteiger partial charge in [-0.1, -0.05) is 18.2 Å². The smallest absolute Gasteiger partial charge is 0.262 e. The molecule has 0 fully saturated rings. The number of benzene rings is 1. The van der Waals surface area contributed by atoms with Crippen LogP contribution >= 0.6 is 11.3 Å². The summed E-state index contributed by atoms with van der Waals surface area (Å²) >= 11 is 1.01. The topological polar surface area (TPSA) is 61.2 Å². The van der Waals surface area contributed by atoms with Crippen LogP contribution in [0.25, 0.3) is 0 Å². The Bertz CT molecular complexity index is 803. The summed E-state index contributed by atoms with van der Waals surface area (Å²) in [5.41, 5.74) is 1.78. The van der Waals surface area contributed by atoms with Crippen LogP contribution in [0.2, 0.25) is 0 Å². The van der Waals surface area contributed by atoms with E-state index in [1.54, 1.807) is 6.07 Å². The fraction of sp³-hybridized carbons (Fsp3) is 0.214. The molecule has 0 saturated carbocycles. The zero-order valence-corrected chi connectivity index (χ0v) is 12.4. The van der Waals surface area contributed by atoms with Crippen molar-refractivity contribution >= 4 is 27.0 Å². The van der Waals surface area contributed by atoms with Crippen molar-refractivity contribution in [3.8, 4) is 6.07 Å². The molecule has 0 amide bonds. The lowest BCUT2D eigenvalue weighted by atomic mass is 10.1. The molecule has 0 spiro atoms. The monoisotopic (exact) mass is 304 g/mol. The van der Waals surface area contributed by atoms with Gasteiger partial charge in [0.1, 0.15) is 15.2 Å². The van der Waals surface area contributed by atoms with Crippen LogP contribution < -0.4 is 4.31 Å². The number of fused-ring (bicyclic) bond motifs is 1. The number of rotatable bonds is 2. The SMILES string of the molecule is CC1Cc2ccccc2N1S(=O)(=O)c1ccc(C#N)s1. The molecule has 4 nitrogen and oxygen atoms in total. The quantitative estimate of drug-likeness (QED) is 0.857. The van der Waals surface area contributed by atoms with Gasteiger partial charge in [0.15, 0.2) is 0 Å². The van der Waals surface area contributed by atoms with E-state index in [0.29, 0.717) is 11.3 Å². The van der Waals surface area contributed by atoms with Crippen LogP contribution in [-0.4, -0.2) is 14.5 Å². The first kappa shape index (κ1) is 13.2. The van der Waals surface area contributed by atoms with Crippen LogP contribution in [0.3, 0.4) is 0 Å². The summed E-state index contributed by atoms with van der Waals surface area (Å²) in [6.45, 7) is 1.90. The molecule has 2 heterocycles. The Morgan fingerprint density at radius 3 is 2.75 bits per heavy atom. The minimum atomic E-state index is -3.59. The highest BCUT2D eigenvalue weighted by molar-refractivity contribution is 7.94. The Morgan fingerprint density at radius 1 is 1.30 bits per heavy atom. The van der Waals surface area contributed by atoms with Gasteiger partial charge in [0.2, 0.25) is 0 Å². The maximum atomic E-state index is 12.8. The number of nitrogens with zero attached hydrogens (tertiary/aromatic N) is 2. The van der Waals surface area contributed by atoms with Gasteiger partial charge in [0.05, 0.1) is 5.69 Å². The highest BCUT2D eigenvalue weighted by atomic mass is 32.2. The standard InChI is InChI=1S/C14H12N2O2S2/c1-10-8-11-4-2-3-5-13(11)16(10)20(17,18)14-7-6-12(9-15)19-14/h2-7,10H,8H2,1H3. The largest absolute Gasteiger partial charge is 0.274 e. The van der Waals surface area contributed by atoms with E-state index in [9.17, 15) is 8.42 Å². The molecular weight excluding hydrogens is 292 g/mol. The molecule has 1 aliphatic rings. The van der Waals surface area contributed by atoms with Crippen molar-refractivity contribution in [3.05, 3.63) is 46.8 Å². The summed E-state index contributed by atoms with van der Waals surface area (Å²) in [5, 5.41) is 8.84. The van der Waals surface area contributed by atoms with Crippen molar-refractivity contribution in [3.63, 3.8) is 0 Å². The first-order chi connectivity index (χ1) is 9.54. The average Bonchev–Trinajstić information content (AvgIpc) is 3.01. The van der Waals surface area contributed by atoms with Crippen LogP contribution in [0.1, 0.15) is 17.4 Å². The number of para-hydroxylation sites is 1. The average molecular weight is 304 g/mol. The molecule has 0 bridgehead atoms. The van der Waals surface area contributed by atoms with Crippen molar-refractivity contribution in [2.45, 2.75) is 23.6 Å². The normalized spacial score (nSPS) is 17.8. The van der Waals surface area contributed by atoms with Crippen molar-refractivity contribution in [2.24, 2.45) is 0 Å². The van der Waals surface area contributed by atoms with E-state index in [1.807, 2.05) is 37.3 Å². The van der Waals surface area contributed by atoms with Gasteiger partial charge < -0.3 is 0 Å². The van der Waals surface area contributed by atoms with E-state index in [0.717, 1.165) is 22.6 Å². The molecule has 0 N–H and O–H groups in total. The van der Waals surface area contributed by atoms with E-state index in [4.69, 9.17) is 5.26 Å². The lowest BCUT2D eigenvalue weighted by Crippen LogP contribution is -2.35. The summed E-state index contributed by atoms with van der Waals surface area (Å²) in [6, 6.07) is 12.5. The second kappa shape index (κ2) is 4.62. The van der Waals surface area contributed by atoms with E-state index in [2.05, 4.69) is 0 Å². The lowest BCUT2D eigenvalue weighted by Gasteiger charge is -2.23. The van der Waals surface area contributed by atoms with Gasteiger partial charge in [-0.05, 0) is 37.1 Å². The van der Waals surface area contributed by atoms with Gasteiger partial charge in [-0.2, -0.15) is 5.26 Å². The minimum absolute atomic E-state index is 0.106. The second-order valence-corrected chi connectivity index (χ2v) is 7.84. The number of hydrogen-bond donors (Lipinski definition) is 0. The Labute approximate surface area is 121 Å². The fourth-order valence-electron chi connectivity index (χ4n) is 2.52. The minimum Gasteiger partial charge on any atom is -0.262 e. The van der Waals surface area contributed by atoms with Gasteiger partial charge in [-0.25, -0.2) is 8.42 Å². The Morgan fingerprint density at radius 2 is 2.05 bits per heavy atom. The van der Waals surface area contributed by atoms with Gasteiger partial charge >= 0.3 is 0 Å². The molecular formula is C14H12N2O2S2. The van der Waals surface area contributed by atoms with Gasteiger partial charge in [-0.15, -0.1) is 11.3 Å². The maximum absolute atomic E-state index is 12.8. The second-order valence-electron chi connectivity index (χ2n) is 4.71. The zero-order valence-electron chi connectivity index (χ0n) is 10.8. The number of nitriles is 1. The Hall–Kier alpha value is -1.84. The highest BCUT2D eigenvalue weighted by Gasteiger charge is 2.36. The third kappa shape index (κ3) is 1.90. The molecule has 0 aliphatic carbocycles. The molecule has 1 aliphatic heterocycles. The number of hydrogen-bond acceptors (Lipinski definition) is 4. The van der Waals surface area contributed by atoms with Gasteiger partial charge in [0.25, 0.3) is 10.0 Å². The van der Waals surface area contributed by atoms with E-state index in [-0.39, 0.29) is 10.3 Å². The number of anilines is 1. The summed E-state index contributed by atoms with van der Waals surface area (Å²) in [4.78, 5) is 0.406. The predicted octanol–water partition coefficient (Wildman–Crippen LogP) is 2.76. The first-order valence-corrected chi connectivity index (χ1v) is 8.42. The molecule has 1 unspecified atom stereocenters. The van der Waals surface area contributed by atoms with Gasteiger partial charge in [0, 0.05) is 6.04 Å². The molecule has 0 radical (unpaired) electrons. The van der Waals surface area contributed by atoms with Gasteiger partial charge in [-0.3, -0.25) is 4.31 Å². The van der Waals surface area contributed by atoms with Crippen LogP contribution in [0.5, 0.6) is 0 Å². The number of sulfonamides is 1. The molecule has 6 heteroatoms. The predicted molar refractivity (Wildman–Crippen MR) is 78.3 cm³/mol. The molecule has 3 rings (SSSR count). The van der Waals surface area contributed by atoms with Crippen LogP contribution in [0.15, 0.2) is 40.6 Å². The summed E-state index contributed by atoms with van der Waals surface area (Å²) in [6.07, 6.45) is 0.714. The Kier molecular flexibility index (Phi) is 3.04. The summed E-state index contributed by atoms with van der Waals surface area (Å²) in [5.74, 6) is 0. The third-order valence-electron chi connectivity index (χ3n) is 3.35. The molecule has 2 aromatic rings. The molecule has 20 heavy (non-hydrogen) atoms. The van der Waals surface area contributed by atoms with Crippen LogP contribution in [0, 0.1) is 11.3 Å². The molecule has 1 aromatic carbocycles. The Balaban J connectivity index is 2.10. The van der Waals surface area contributed by atoms with E-state index in [1.165, 1.54) is 10.4 Å². The van der Waals surface area contributed by atoms with Crippen molar-refractivity contribution < 1.29 is 8.42 Å². The molecule has 102 valence electrons. The first-order valence-electron chi connectivity index (χ1n) is 6.16. The fourth-order valence-corrected chi connectivity index (χ4v) is 5.40. The van der Waals surface area contributed by atoms with Crippen LogP contribution in [0.4, 0.5) is 5.69 Å². The highest BCUT2D eigenvalue weighted by Crippen LogP contribution is 2.37. The van der Waals surface area contributed by atoms with Crippen molar-refractivity contribution in [1.82, 2.24) is 0 Å². The van der Waals surface area contributed by atoms with Crippen molar-refractivity contribution in [2.75, 3.05) is 4.31 Å². The van der Waals surface area contributed by atoms with E-state index >= 15 is 0 Å². The summed E-state index contributed by atoms with van der Waals surface area (Å²) in [7, 11) is -3.59. The van der Waals surface area contributed by atoms with Crippen LogP contribution in [-0.2, 0) is 16.4 Å². The van der Waals surface area contributed by atoms with E-state index < -0.39 is 10.0 Å². The molecule has 1 aromatic heterocycles.